The first-order chi connectivity index (χ1) is 11.6. The summed E-state index contributed by atoms with van der Waals surface area (Å²) in [6.07, 6.45) is -0.780. The molecule has 0 bridgehead atoms. The van der Waals surface area contributed by atoms with Crippen molar-refractivity contribution in [2.45, 2.75) is 39.3 Å². The summed E-state index contributed by atoms with van der Waals surface area (Å²) >= 11 is 0. The van der Waals surface area contributed by atoms with Crippen LogP contribution in [-0.4, -0.2) is 42.6 Å². The summed E-state index contributed by atoms with van der Waals surface area (Å²) in [5.41, 5.74) is -0.240. The molecule has 7 nitrogen and oxygen atoms in total. The summed E-state index contributed by atoms with van der Waals surface area (Å²) < 4.78 is 16.0. The van der Waals surface area contributed by atoms with E-state index >= 15 is 0 Å². The molecule has 0 aliphatic carbocycles. The minimum Gasteiger partial charge on any atom is -0.493 e. The molecular formula is C18H25NO6. The summed E-state index contributed by atoms with van der Waals surface area (Å²) in [7, 11) is 0. The van der Waals surface area contributed by atoms with Crippen molar-refractivity contribution in [3.05, 3.63) is 29.8 Å². The number of hydrogen-bond donors (Lipinski definition) is 2. The van der Waals surface area contributed by atoms with Gasteiger partial charge in [0.1, 0.15) is 11.4 Å². The largest absolute Gasteiger partial charge is 0.493 e. The molecule has 1 atom stereocenters. The standard InChI is InChI=1S/C18H25NO6/c1-17(2,3)25-16(22)19-14(15(20)21)12-5-7-13(8-6-12)24-11-18(4)9-23-10-18/h5-8,14H,9-11H2,1-4H3,(H,19,22)(H,20,21). The number of carbonyl (C=O) groups is 2. The Bertz CT molecular complexity index is 615. The van der Waals surface area contributed by atoms with Gasteiger partial charge in [0.05, 0.1) is 19.8 Å². The summed E-state index contributed by atoms with van der Waals surface area (Å²) in [6.45, 7) is 9.09. The number of carboxylic acids is 1. The van der Waals surface area contributed by atoms with E-state index in [1.165, 1.54) is 0 Å². The maximum atomic E-state index is 11.8. The molecule has 2 N–H and O–H groups in total. The number of alkyl carbamates (subject to hydrolysis) is 1. The van der Waals surface area contributed by atoms with Gasteiger partial charge in [-0.05, 0) is 38.5 Å². The van der Waals surface area contributed by atoms with Gasteiger partial charge in [0.15, 0.2) is 6.04 Å². The van der Waals surface area contributed by atoms with Crippen molar-refractivity contribution in [2.24, 2.45) is 5.41 Å². The number of amides is 1. The van der Waals surface area contributed by atoms with Crippen LogP contribution in [0.1, 0.15) is 39.3 Å². The maximum absolute atomic E-state index is 11.8. The van der Waals surface area contributed by atoms with Crippen LogP contribution in [0, 0.1) is 5.41 Å². The van der Waals surface area contributed by atoms with Crippen molar-refractivity contribution in [3.63, 3.8) is 0 Å². The van der Waals surface area contributed by atoms with E-state index in [9.17, 15) is 14.7 Å². The van der Waals surface area contributed by atoms with Crippen LogP contribution in [0.15, 0.2) is 24.3 Å². The Morgan fingerprint density at radius 2 is 1.88 bits per heavy atom. The van der Waals surface area contributed by atoms with Crippen molar-refractivity contribution in [1.82, 2.24) is 5.32 Å². The molecule has 1 heterocycles. The Morgan fingerprint density at radius 1 is 1.28 bits per heavy atom. The van der Waals surface area contributed by atoms with E-state index in [1.807, 2.05) is 0 Å². The van der Waals surface area contributed by atoms with Gasteiger partial charge in [-0.15, -0.1) is 0 Å². The lowest BCUT2D eigenvalue weighted by molar-refractivity contribution is -0.139. The molecule has 0 spiro atoms. The predicted octanol–water partition coefficient (Wildman–Crippen LogP) is 2.75. The van der Waals surface area contributed by atoms with E-state index in [-0.39, 0.29) is 5.41 Å². The molecule has 1 unspecified atom stereocenters. The van der Waals surface area contributed by atoms with Gasteiger partial charge in [0.25, 0.3) is 0 Å². The number of rotatable bonds is 6. The third-order valence-electron chi connectivity index (χ3n) is 3.61. The van der Waals surface area contributed by atoms with Gasteiger partial charge in [-0.2, -0.15) is 0 Å². The summed E-state index contributed by atoms with van der Waals surface area (Å²) in [6, 6.07) is 5.41. The predicted molar refractivity (Wildman–Crippen MR) is 90.6 cm³/mol. The second-order valence-electron chi connectivity index (χ2n) is 7.58. The first-order valence-electron chi connectivity index (χ1n) is 8.11. The van der Waals surface area contributed by atoms with Crippen LogP contribution in [0.2, 0.25) is 0 Å². The van der Waals surface area contributed by atoms with Crippen LogP contribution in [0.5, 0.6) is 5.75 Å². The van der Waals surface area contributed by atoms with Crippen LogP contribution in [0.3, 0.4) is 0 Å². The lowest BCUT2D eigenvalue weighted by atomic mass is 9.90. The monoisotopic (exact) mass is 351 g/mol. The molecular weight excluding hydrogens is 326 g/mol. The van der Waals surface area contributed by atoms with Crippen LogP contribution >= 0.6 is 0 Å². The zero-order chi connectivity index (χ0) is 18.7. The number of hydrogen-bond acceptors (Lipinski definition) is 5. The number of carboxylic acid groups (broad SMARTS) is 1. The molecule has 7 heteroatoms. The topological polar surface area (TPSA) is 94.1 Å². The quantitative estimate of drug-likeness (QED) is 0.818. The van der Waals surface area contributed by atoms with Crippen LogP contribution in [0.25, 0.3) is 0 Å². The van der Waals surface area contributed by atoms with Gasteiger partial charge in [0.2, 0.25) is 0 Å². The third kappa shape index (κ3) is 5.63. The van der Waals surface area contributed by atoms with E-state index in [4.69, 9.17) is 14.2 Å². The highest BCUT2D eigenvalue weighted by Gasteiger charge is 2.34. The Hall–Kier alpha value is -2.28. The first-order valence-corrected chi connectivity index (χ1v) is 8.11. The van der Waals surface area contributed by atoms with Gasteiger partial charge >= 0.3 is 12.1 Å². The first kappa shape index (κ1) is 19.1. The molecule has 2 rings (SSSR count). The SMILES string of the molecule is CC1(COc2ccc(C(NC(=O)OC(C)(C)C)C(=O)O)cc2)COC1. The Balaban J connectivity index is 1.98. The highest BCUT2D eigenvalue weighted by atomic mass is 16.6. The summed E-state index contributed by atoms with van der Waals surface area (Å²) in [4.78, 5) is 23.3. The molecule has 0 aromatic heterocycles. The second-order valence-corrected chi connectivity index (χ2v) is 7.58. The lowest BCUT2D eigenvalue weighted by Gasteiger charge is -2.37. The molecule has 1 amide bonds. The molecule has 0 saturated carbocycles. The van der Waals surface area contributed by atoms with E-state index < -0.39 is 23.7 Å². The van der Waals surface area contributed by atoms with Gasteiger partial charge in [0, 0.05) is 5.41 Å². The normalized spacial score (nSPS) is 17.1. The Labute approximate surface area is 147 Å². The summed E-state index contributed by atoms with van der Waals surface area (Å²) in [5, 5.41) is 11.7. The zero-order valence-electron chi connectivity index (χ0n) is 15.0. The smallest absolute Gasteiger partial charge is 0.408 e. The van der Waals surface area contributed by atoms with Crippen molar-refractivity contribution < 1.29 is 28.9 Å². The van der Waals surface area contributed by atoms with Gasteiger partial charge in [-0.25, -0.2) is 9.59 Å². The van der Waals surface area contributed by atoms with Crippen molar-refractivity contribution in [2.75, 3.05) is 19.8 Å². The molecule has 1 aliphatic rings. The molecule has 1 aromatic carbocycles. The number of nitrogens with one attached hydrogen (secondary N) is 1. The highest BCUT2D eigenvalue weighted by Crippen LogP contribution is 2.28. The molecule has 1 saturated heterocycles. The number of carbonyl (C=O) groups excluding carboxylic acids is 1. The maximum Gasteiger partial charge on any atom is 0.408 e. The minimum absolute atomic E-state index is 0.0283. The van der Waals surface area contributed by atoms with Gasteiger partial charge in [-0.1, -0.05) is 19.1 Å². The fourth-order valence-corrected chi connectivity index (χ4v) is 2.26. The molecule has 0 radical (unpaired) electrons. The molecule has 138 valence electrons. The average molecular weight is 351 g/mol. The molecule has 1 aliphatic heterocycles. The van der Waals surface area contributed by atoms with Gasteiger partial charge in [-0.3, -0.25) is 0 Å². The number of ether oxygens (including phenoxy) is 3. The number of aliphatic carboxylic acids is 1. The fraction of sp³-hybridized carbons (Fsp3) is 0.556. The van der Waals surface area contributed by atoms with E-state index in [1.54, 1.807) is 45.0 Å². The third-order valence-corrected chi connectivity index (χ3v) is 3.61. The lowest BCUT2D eigenvalue weighted by Crippen LogP contribution is -2.44. The molecule has 25 heavy (non-hydrogen) atoms. The number of benzene rings is 1. The highest BCUT2D eigenvalue weighted by molar-refractivity contribution is 5.81. The zero-order valence-corrected chi connectivity index (χ0v) is 15.0. The second kappa shape index (κ2) is 7.31. The Kier molecular flexibility index (Phi) is 5.57. The van der Waals surface area contributed by atoms with Crippen molar-refractivity contribution in [3.8, 4) is 5.75 Å². The summed E-state index contributed by atoms with van der Waals surface area (Å²) in [5.74, 6) is -0.531. The van der Waals surface area contributed by atoms with Crippen LogP contribution in [0.4, 0.5) is 4.79 Å². The molecule has 1 fully saturated rings. The molecule has 1 aromatic rings. The van der Waals surface area contributed by atoms with Crippen molar-refractivity contribution in [1.29, 1.82) is 0 Å². The van der Waals surface area contributed by atoms with Gasteiger partial charge < -0.3 is 24.6 Å². The van der Waals surface area contributed by atoms with E-state index in [0.29, 0.717) is 31.1 Å². The average Bonchev–Trinajstić information content (AvgIpc) is 2.47. The Morgan fingerprint density at radius 3 is 2.32 bits per heavy atom. The van der Waals surface area contributed by atoms with Crippen LogP contribution in [-0.2, 0) is 14.3 Å². The fourth-order valence-electron chi connectivity index (χ4n) is 2.26. The van der Waals surface area contributed by atoms with E-state index in [2.05, 4.69) is 12.2 Å². The van der Waals surface area contributed by atoms with E-state index in [0.717, 1.165) is 0 Å². The van der Waals surface area contributed by atoms with Crippen LogP contribution < -0.4 is 10.1 Å². The minimum atomic E-state index is -1.19. The van der Waals surface area contributed by atoms with Crippen molar-refractivity contribution >= 4 is 12.1 Å².